The van der Waals surface area contributed by atoms with Gasteiger partial charge in [0.2, 0.25) is 0 Å². The van der Waals surface area contributed by atoms with Gasteiger partial charge in [-0.2, -0.15) is 0 Å². The molecule has 2 heterocycles. The largest absolute Gasteiger partial charge is 0.370 e. The third-order valence-electron chi connectivity index (χ3n) is 6.32. The molecule has 24 heavy (non-hydrogen) atoms. The molecule has 2 nitrogen and oxygen atoms in total. The number of likely N-dealkylation sites (tertiary alicyclic amines) is 1. The molecule has 0 aromatic heterocycles. The Kier molecular flexibility index (Phi) is 3.94. The van der Waals surface area contributed by atoms with Crippen LogP contribution >= 0.6 is 0 Å². The first-order valence-corrected chi connectivity index (χ1v) is 9.61. The Morgan fingerprint density at radius 1 is 1.17 bits per heavy atom. The van der Waals surface area contributed by atoms with Crippen LogP contribution in [-0.2, 0) is 5.41 Å². The molecule has 0 spiro atoms. The lowest BCUT2D eigenvalue weighted by atomic mass is 9.84. The smallest absolute Gasteiger partial charge is 0.0466 e. The normalized spacial score (nSPS) is 25.8. The molecular weight excluding hydrogens is 292 g/mol. The van der Waals surface area contributed by atoms with E-state index in [2.05, 4.69) is 60.6 Å². The van der Waals surface area contributed by atoms with E-state index in [0.29, 0.717) is 6.04 Å². The van der Waals surface area contributed by atoms with E-state index in [0.717, 1.165) is 6.54 Å². The van der Waals surface area contributed by atoms with Crippen molar-refractivity contribution in [1.82, 2.24) is 4.90 Å². The lowest BCUT2D eigenvalue weighted by Crippen LogP contribution is -2.45. The standard InChI is InChI=1S/C22H30N2/c1-17-22(2,3)20-13-6-7-14-21(20)24(17)16-19-12-8-9-15-23(19)18-10-4-5-11-18/h6-7,10,13-14,19H,1,4-5,8-9,11-12,15-16H2,2-3H3. The minimum Gasteiger partial charge on any atom is -0.370 e. The van der Waals surface area contributed by atoms with Gasteiger partial charge in [0.25, 0.3) is 0 Å². The predicted molar refractivity (Wildman–Crippen MR) is 102 cm³/mol. The van der Waals surface area contributed by atoms with Gasteiger partial charge in [-0.15, -0.1) is 0 Å². The second-order valence-corrected chi connectivity index (χ2v) is 8.13. The van der Waals surface area contributed by atoms with Crippen LogP contribution in [0.1, 0.15) is 57.9 Å². The van der Waals surface area contributed by atoms with E-state index in [-0.39, 0.29) is 5.41 Å². The second kappa shape index (κ2) is 5.98. The maximum absolute atomic E-state index is 4.48. The minimum atomic E-state index is 0.0444. The van der Waals surface area contributed by atoms with Gasteiger partial charge < -0.3 is 9.80 Å². The molecule has 4 rings (SSSR count). The first-order valence-electron chi connectivity index (χ1n) is 9.61. The lowest BCUT2D eigenvalue weighted by Gasteiger charge is -2.41. The summed E-state index contributed by atoms with van der Waals surface area (Å²) in [5.74, 6) is 0. The van der Waals surface area contributed by atoms with Crippen LogP contribution in [0.15, 0.2) is 48.3 Å². The fourth-order valence-corrected chi connectivity index (χ4v) is 4.78. The average Bonchev–Trinajstić information content (AvgIpc) is 3.19. The summed E-state index contributed by atoms with van der Waals surface area (Å²) in [6, 6.07) is 9.50. The highest BCUT2D eigenvalue weighted by Gasteiger charge is 2.40. The zero-order chi connectivity index (χ0) is 16.7. The number of hydrogen-bond acceptors (Lipinski definition) is 2. The van der Waals surface area contributed by atoms with Gasteiger partial charge in [0.15, 0.2) is 0 Å². The van der Waals surface area contributed by atoms with E-state index < -0.39 is 0 Å². The summed E-state index contributed by atoms with van der Waals surface area (Å²) in [7, 11) is 0. The van der Waals surface area contributed by atoms with Gasteiger partial charge in [0.1, 0.15) is 0 Å². The van der Waals surface area contributed by atoms with E-state index in [1.54, 1.807) is 5.70 Å². The summed E-state index contributed by atoms with van der Waals surface area (Å²) >= 11 is 0. The summed E-state index contributed by atoms with van der Waals surface area (Å²) < 4.78 is 0. The lowest BCUT2D eigenvalue weighted by molar-refractivity contribution is 0.194. The number of nitrogens with zero attached hydrogens (tertiary/aromatic N) is 2. The number of benzene rings is 1. The van der Waals surface area contributed by atoms with Crippen molar-refractivity contribution in [1.29, 1.82) is 0 Å². The molecule has 1 atom stereocenters. The van der Waals surface area contributed by atoms with Crippen LogP contribution in [0.25, 0.3) is 0 Å². The Labute approximate surface area is 146 Å². The van der Waals surface area contributed by atoms with Crippen molar-refractivity contribution < 1.29 is 0 Å². The van der Waals surface area contributed by atoms with Crippen molar-refractivity contribution in [3.05, 3.63) is 53.9 Å². The fraction of sp³-hybridized carbons (Fsp3) is 0.545. The monoisotopic (exact) mass is 322 g/mol. The summed E-state index contributed by atoms with van der Waals surface area (Å²) in [6.45, 7) is 11.4. The average molecular weight is 322 g/mol. The Hall–Kier alpha value is -1.70. The van der Waals surface area contributed by atoms with Gasteiger partial charge in [-0.1, -0.05) is 44.7 Å². The van der Waals surface area contributed by atoms with Crippen LogP contribution in [0, 0.1) is 0 Å². The third-order valence-corrected chi connectivity index (χ3v) is 6.32. The van der Waals surface area contributed by atoms with E-state index in [4.69, 9.17) is 0 Å². The minimum absolute atomic E-state index is 0.0444. The predicted octanol–water partition coefficient (Wildman–Crippen LogP) is 5.22. The van der Waals surface area contributed by atoms with Crippen molar-refractivity contribution >= 4 is 5.69 Å². The number of para-hydroxylation sites is 1. The second-order valence-electron chi connectivity index (χ2n) is 8.13. The van der Waals surface area contributed by atoms with E-state index in [1.165, 1.54) is 62.0 Å². The van der Waals surface area contributed by atoms with Gasteiger partial charge >= 0.3 is 0 Å². The summed E-state index contributed by atoms with van der Waals surface area (Å²) in [5.41, 5.74) is 5.71. The molecule has 128 valence electrons. The zero-order valence-electron chi connectivity index (χ0n) is 15.2. The van der Waals surface area contributed by atoms with Gasteiger partial charge in [-0.25, -0.2) is 0 Å². The van der Waals surface area contributed by atoms with Crippen molar-refractivity contribution in [2.75, 3.05) is 18.0 Å². The van der Waals surface area contributed by atoms with E-state index >= 15 is 0 Å². The van der Waals surface area contributed by atoms with Gasteiger partial charge in [-0.3, -0.25) is 0 Å². The van der Waals surface area contributed by atoms with Crippen molar-refractivity contribution in [2.45, 2.75) is 63.8 Å². The molecule has 3 aliphatic rings. The number of anilines is 1. The van der Waals surface area contributed by atoms with Gasteiger partial charge in [-0.05, 0) is 50.2 Å². The van der Waals surface area contributed by atoms with Crippen molar-refractivity contribution in [3.8, 4) is 0 Å². The van der Waals surface area contributed by atoms with Gasteiger partial charge in [0, 0.05) is 41.6 Å². The van der Waals surface area contributed by atoms with Crippen LogP contribution in [-0.4, -0.2) is 24.0 Å². The Morgan fingerprint density at radius 2 is 2.00 bits per heavy atom. The third kappa shape index (κ3) is 2.47. The molecule has 1 unspecified atom stereocenters. The molecule has 0 bridgehead atoms. The van der Waals surface area contributed by atoms with Crippen molar-refractivity contribution in [2.24, 2.45) is 0 Å². The molecule has 0 radical (unpaired) electrons. The number of piperidine rings is 1. The van der Waals surface area contributed by atoms with E-state index in [1.807, 2.05) is 0 Å². The highest BCUT2D eigenvalue weighted by atomic mass is 15.3. The number of fused-ring (bicyclic) bond motifs is 1. The maximum atomic E-state index is 4.48. The van der Waals surface area contributed by atoms with Crippen LogP contribution in [0.5, 0.6) is 0 Å². The number of rotatable bonds is 3. The first kappa shape index (κ1) is 15.8. The van der Waals surface area contributed by atoms with E-state index in [9.17, 15) is 0 Å². The highest BCUT2D eigenvalue weighted by molar-refractivity contribution is 5.69. The molecule has 1 fully saturated rings. The molecular formula is C22H30N2. The Balaban J connectivity index is 1.61. The van der Waals surface area contributed by atoms with Crippen LogP contribution < -0.4 is 4.90 Å². The molecule has 1 aromatic carbocycles. The van der Waals surface area contributed by atoms with Gasteiger partial charge in [0.05, 0.1) is 0 Å². The summed E-state index contributed by atoms with van der Waals surface area (Å²) in [6.07, 6.45) is 10.4. The highest BCUT2D eigenvalue weighted by Crippen LogP contribution is 2.47. The first-order chi connectivity index (χ1) is 11.6. The molecule has 0 N–H and O–H groups in total. The number of allylic oxidation sites excluding steroid dienone is 3. The Bertz CT molecular complexity index is 670. The topological polar surface area (TPSA) is 6.48 Å². The molecule has 0 saturated carbocycles. The molecule has 0 amide bonds. The van der Waals surface area contributed by atoms with Crippen molar-refractivity contribution in [3.63, 3.8) is 0 Å². The molecule has 1 saturated heterocycles. The van der Waals surface area contributed by atoms with Crippen LogP contribution in [0.2, 0.25) is 0 Å². The molecule has 1 aliphatic carbocycles. The Morgan fingerprint density at radius 3 is 2.79 bits per heavy atom. The number of hydrogen-bond donors (Lipinski definition) is 0. The van der Waals surface area contributed by atoms with Crippen LogP contribution in [0.3, 0.4) is 0 Å². The molecule has 2 aliphatic heterocycles. The van der Waals surface area contributed by atoms with Crippen LogP contribution in [0.4, 0.5) is 5.69 Å². The zero-order valence-corrected chi connectivity index (χ0v) is 15.2. The molecule has 1 aromatic rings. The maximum Gasteiger partial charge on any atom is 0.0466 e. The molecule has 2 heteroatoms. The fourth-order valence-electron chi connectivity index (χ4n) is 4.78. The SMILES string of the molecule is C=C1N(CC2CCCCN2C2=CCCC2)c2ccccc2C1(C)C. The quantitative estimate of drug-likeness (QED) is 0.753. The summed E-state index contributed by atoms with van der Waals surface area (Å²) in [5, 5.41) is 0. The summed E-state index contributed by atoms with van der Waals surface area (Å²) in [4.78, 5) is 5.23.